The molecule has 8 nitrogen and oxygen atoms in total. The van der Waals surface area contributed by atoms with Crippen molar-refractivity contribution in [2.24, 2.45) is 4.99 Å². The number of fused-ring (bicyclic) bond motifs is 1. The number of morpholine rings is 1. The molecule has 2 N–H and O–H groups in total. The molecule has 2 aromatic rings. The number of nitrogens with zero attached hydrogens (tertiary/aromatic N) is 4. The van der Waals surface area contributed by atoms with Crippen molar-refractivity contribution in [1.29, 1.82) is 0 Å². The second kappa shape index (κ2) is 13.5. The summed E-state index contributed by atoms with van der Waals surface area (Å²) in [4.78, 5) is 20.3. The molecule has 1 aliphatic heterocycles. The molecule has 1 fully saturated rings. The van der Waals surface area contributed by atoms with Gasteiger partial charge in [0.2, 0.25) is 5.91 Å². The molecule has 1 aromatic carbocycles. The first-order chi connectivity index (χ1) is 14.6. The van der Waals surface area contributed by atoms with Crippen LogP contribution in [-0.4, -0.2) is 92.8 Å². The van der Waals surface area contributed by atoms with E-state index in [1.807, 2.05) is 0 Å². The number of aromatic nitrogens is 1. The van der Waals surface area contributed by atoms with Crippen molar-refractivity contribution in [2.45, 2.75) is 13.0 Å². The van der Waals surface area contributed by atoms with Crippen LogP contribution in [0.5, 0.6) is 0 Å². The second-order valence-electron chi connectivity index (χ2n) is 7.68. The van der Waals surface area contributed by atoms with Crippen LogP contribution in [0.25, 0.3) is 10.9 Å². The molecule has 2 heterocycles. The SMILES string of the molecule is CN(C)C(=O)CN=C(NCCCn1ccc2ccccc21)NCCN1CCOCC1.I. The average molecular weight is 542 g/mol. The van der Waals surface area contributed by atoms with Crippen molar-refractivity contribution in [3.63, 3.8) is 0 Å². The number of aryl methyl sites for hydroxylation is 1. The smallest absolute Gasteiger partial charge is 0.243 e. The van der Waals surface area contributed by atoms with Crippen LogP contribution in [0.2, 0.25) is 0 Å². The first-order valence-corrected chi connectivity index (χ1v) is 10.7. The zero-order chi connectivity index (χ0) is 21.2. The molecule has 3 rings (SSSR count). The van der Waals surface area contributed by atoms with Gasteiger partial charge in [-0.25, -0.2) is 4.99 Å². The molecule has 0 bridgehead atoms. The van der Waals surface area contributed by atoms with Gasteiger partial charge in [0, 0.05) is 65.1 Å². The molecule has 0 saturated carbocycles. The number of para-hydroxylation sites is 1. The van der Waals surface area contributed by atoms with Crippen LogP contribution < -0.4 is 10.6 Å². The third-order valence-corrected chi connectivity index (χ3v) is 5.24. The number of hydrogen-bond acceptors (Lipinski definition) is 4. The van der Waals surface area contributed by atoms with Gasteiger partial charge in [-0.15, -0.1) is 24.0 Å². The number of likely N-dealkylation sites (N-methyl/N-ethyl adjacent to an activating group) is 1. The summed E-state index contributed by atoms with van der Waals surface area (Å²) in [5, 5.41) is 8.00. The van der Waals surface area contributed by atoms with E-state index in [0.29, 0.717) is 5.96 Å². The molecule has 0 unspecified atom stereocenters. The molecule has 0 spiro atoms. The summed E-state index contributed by atoms with van der Waals surface area (Å²) in [6.07, 6.45) is 3.10. The molecule has 1 amide bonds. The first-order valence-electron chi connectivity index (χ1n) is 10.7. The van der Waals surface area contributed by atoms with Crippen LogP contribution in [0.3, 0.4) is 0 Å². The fourth-order valence-corrected chi connectivity index (χ4v) is 3.41. The molecule has 172 valence electrons. The molecular formula is C22H35IN6O2. The molecule has 0 aliphatic carbocycles. The van der Waals surface area contributed by atoms with Crippen LogP contribution in [0.4, 0.5) is 0 Å². The Hall–Kier alpha value is -1.85. The number of halogens is 1. The fraction of sp³-hybridized carbons (Fsp3) is 0.545. The standard InChI is InChI=1S/C22H34N6O2.HI/c1-26(2)21(29)18-25-22(24-10-13-27-14-16-30-17-15-27)23-9-5-11-28-12-8-19-6-3-4-7-20(19)28;/h3-4,6-8,12H,5,9-11,13-18H2,1-2H3,(H2,23,24,25);1H. The highest BCUT2D eigenvalue weighted by atomic mass is 127. The lowest BCUT2D eigenvalue weighted by atomic mass is 10.2. The number of amides is 1. The lowest BCUT2D eigenvalue weighted by Gasteiger charge is -2.26. The van der Waals surface area contributed by atoms with E-state index in [-0.39, 0.29) is 36.4 Å². The third kappa shape index (κ3) is 8.30. The van der Waals surface area contributed by atoms with Crippen LogP contribution in [0.1, 0.15) is 6.42 Å². The van der Waals surface area contributed by atoms with E-state index in [4.69, 9.17) is 4.74 Å². The number of guanidine groups is 1. The van der Waals surface area contributed by atoms with Crippen molar-refractivity contribution < 1.29 is 9.53 Å². The Labute approximate surface area is 202 Å². The van der Waals surface area contributed by atoms with Gasteiger partial charge >= 0.3 is 0 Å². The molecular weight excluding hydrogens is 507 g/mol. The molecule has 1 aromatic heterocycles. The van der Waals surface area contributed by atoms with Crippen molar-refractivity contribution >= 4 is 46.7 Å². The molecule has 1 saturated heterocycles. The minimum atomic E-state index is -0.0110. The van der Waals surface area contributed by atoms with Gasteiger partial charge in [-0.05, 0) is 23.9 Å². The van der Waals surface area contributed by atoms with E-state index < -0.39 is 0 Å². The van der Waals surface area contributed by atoms with Gasteiger partial charge in [0.25, 0.3) is 0 Å². The predicted molar refractivity (Wildman–Crippen MR) is 136 cm³/mol. The predicted octanol–water partition coefficient (Wildman–Crippen LogP) is 1.60. The van der Waals surface area contributed by atoms with E-state index in [1.54, 1.807) is 19.0 Å². The highest BCUT2D eigenvalue weighted by Crippen LogP contribution is 2.15. The normalized spacial score (nSPS) is 14.8. The Balaban J connectivity index is 0.00000341. The number of aliphatic imine (C=N–C) groups is 1. The zero-order valence-electron chi connectivity index (χ0n) is 18.5. The molecule has 1 aliphatic rings. The monoisotopic (exact) mass is 542 g/mol. The average Bonchev–Trinajstić information content (AvgIpc) is 3.18. The number of benzene rings is 1. The highest BCUT2D eigenvalue weighted by Gasteiger charge is 2.10. The van der Waals surface area contributed by atoms with Crippen LogP contribution >= 0.6 is 24.0 Å². The minimum absolute atomic E-state index is 0. The van der Waals surface area contributed by atoms with Gasteiger partial charge in [-0.1, -0.05) is 18.2 Å². The third-order valence-electron chi connectivity index (χ3n) is 5.24. The van der Waals surface area contributed by atoms with Crippen molar-refractivity contribution in [3.05, 3.63) is 36.5 Å². The molecule has 31 heavy (non-hydrogen) atoms. The summed E-state index contributed by atoms with van der Waals surface area (Å²) in [6, 6.07) is 10.6. The first kappa shape index (κ1) is 25.4. The Kier molecular flexibility index (Phi) is 11.1. The Bertz CT molecular complexity index is 832. The Morgan fingerprint density at radius 3 is 2.61 bits per heavy atom. The highest BCUT2D eigenvalue weighted by molar-refractivity contribution is 14.0. The molecule has 9 heteroatoms. The van der Waals surface area contributed by atoms with E-state index >= 15 is 0 Å². The fourth-order valence-electron chi connectivity index (χ4n) is 3.41. The van der Waals surface area contributed by atoms with Crippen LogP contribution in [0.15, 0.2) is 41.5 Å². The Morgan fingerprint density at radius 2 is 1.84 bits per heavy atom. The van der Waals surface area contributed by atoms with Gasteiger partial charge in [-0.2, -0.15) is 0 Å². The zero-order valence-corrected chi connectivity index (χ0v) is 20.9. The van der Waals surface area contributed by atoms with Gasteiger partial charge in [-0.3, -0.25) is 9.69 Å². The van der Waals surface area contributed by atoms with Crippen molar-refractivity contribution in [1.82, 2.24) is 25.0 Å². The summed E-state index contributed by atoms with van der Waals surface area (Å²) < 4.78 is 7.67. The van der Waals surface area contributed by atoms with Gasteiger partial charge in [0.1, 0.15) is 6.54 Å². The van der Waals surface area contributed by atoms with Gasteiger partial charge in [0.05, 0.1) is 13.2 Å². The van der Waals surface area contributed by atoms with Crippen molar-refractivity contribution in [3.8, 4) is 0 Å². The number of rotatable bonds is 9. The number of ether oxygens (including phenoxy) is 1. The second-order valence-corrected chi connectivity index (χ2v) is 7.68. The maximum absolute atomic E-state index is 11.9. The number of carbonyl (C=O) groups excluding carboxylic acids is 1. The van der Waals surface area contributed by atoms with E-state index in [0.717, 1.165) is 58.9 Å². The van der Waals surface area contributed by atoms with Crippen LogP contribution in [-0.2, 0) is 16.1 Å². The topological polar surface area (TPSA) is 74.1 Å². The maximum atomic E-state index is 11.9. The number of nitrogens with one attached hydrogen (secondary N) is 2. The summed E-state index contributed by atoms with van der Waals surface area (Å²) in [5.41, 5.74) is 1.26. The van der Waals surface area contributed by atoms with E-state index in [2.05, 4.69) is 61.6 Å². The quantitative estimate of drug-likeness (QED) is 0.218. The van der Waals surface area contributed by atoms with Crippen LogP contribution in [0, 0.1) is 0 Å². The largest absolute Gasteiger partial charge is 0.379 e. The number of carbonyl (C=O) groups is 1. The maximum Gasteiger partial charge on any atom is 0.243 e. The summed E-state index contributed by atoms with van der Waals surface area (Å²) in [7, 11) is 3.50. The summed E-state index contributed by atoms with van der Waals surface area (Å²) in [5.74, 6) is 0.680. The Morgan fingerprint density at radius 1 is 1.10 bits per heavy atom. The molecule has 0 atom stereocenters. The van der Waals surface area contributed by atoms with E-state index in [9.17, 15) is 4.79 Å². The van der Waals surface area contributed by atoms with Gasteiger partial charge in [0.15, 0.2) is 5.96 Å². The number of hydrogen-bond donors (Lipinski definition) is 2. The van der Waals surface area contributed by atoms with Crippen molar-refractivity contribution in [2.75, 3.05) is 66.6 Å². The molecule has 0 radical (unpaired) electrons. The lowest BCUT2D eigenvalue weighted by molar-refractivity contribution is -0.127. The lowest BCUT2D eigenvalue weighted by Crippen LogP contribution is -2.45. The minimum Gasteiger partial charge on any atom is -0.379 e. The summed E-state index contributed by atoms with van der Waals surface area (Å²) in [6.45, 7) is 7.09. The summed E-state index contributed by atoms with van der Waals surface area (Å²) >= 11 is 0. The van der Waals surface area contributed by atoms with Gasteiger partial charge < -0.3 is 24.8 Å². The van der Waals surface area contributed by atoms with E-state index in [1.165, 1.54) is 10.9 Å².